The smallest absolute Gasteiger partial charge is 0.223 e. The Labute approximate surface area is 107 Å². The fraction of sp³-hybridized carbons (Fsp3) is 0.400. The minimum absolute atomic E-state index is 0.136. The molecule has 0 amide bonds. The second-order valence-corrected chi connectivity index (χ2v) is 5.11. The van der Waals surface area contributed by atoms with Crippen LogP contribution < -0.4 is 10.1 Å². The lowest BCUT2D eigenvalue weighted by Crippen LogP contribution is -2.08. The highest BCUT2D eigenvalue weighted by atomic mass is 16.5. The first-order valence-corrected chi connectivity index (χ1v) is 6.55. The van der Waals surface area contributed by atoms with Crippen LogP contribution in [0.2, 0.25) is 0 Å². The minimum Gasteiger partial charge on any atom is -0.474 e. The third-order valence-corrected chi connectivity index (χ3v) is 3.04. The van der Waals surface area contributed by atoms with Crippen molar-refractivity contribution in [3.05, 3.63) is 30.5 Å². The van der Waals surface area contributed by atoms with Gasteiger partial charge in [0.25, 0.3) is 0 Å². The summed E-state index contributed by atoms with van der Waals surface area (Å²) in [6, 6.07) is 8.94. The van der Waals surface area contributed by atoms with Gasteiger partial charge in [-0.3, -0.25) is 0 Å². The van der Waals surface area contributed by atoms with E-state index in [1.165, 1.54) is 18.2 Å². The van der Waals surface area contributed by atoms with Crippen molar-refractivity contribution in [1.29, 1.82) is 0 Å². The van der Waals surface area contributed by atoms with E-state index >= 15 is 0 Å². The number of nitrogens with zero attached hydrogens (tertiary/aromatic N) is 1. The first-order valence-electron chi connectivity index (χ1n) is 6.55. The molecule has 1 aliphatic carbocycles. The number of nitrogens with one attached hydrogen (secondary N) is 1. The molecule has 1 aromatic carbocycles. The minimum atomic E-state index is 0.136. The van der Waals surface area contributed by atoms with Crippen LogP contribution >= 0.6 is 0 Å². The van der Waals surface area contributed by atoms with Gasteiger partial charge in [0.2, 0.25) is 5.88 Å². The van der Waals surface area contributed by atoms with E-state index in [1.807, 2.05) is 19.9 Å². The number of rotatable bonds is 4. The summed E-state index contributed by atoms with van der Waals surface area (Å²) in [6.45, 7) is 4.05. The van der Waals surface area contributed by atoms with E-state index in [-0.39, 0.29) is 6.10 Å². The number of ether oxygens (including phenoxy) is 1. The van der Waals surface area contributed by atoms with E-state index in [0.29, 0.717) is 6.04 Å². The maximum absolute atomic E-state index is 5.82. The molecule has 0 radical (unpaired) electrons. The van der Waals surface area contributed by atoms with E-state index < -0.39 is 0 Å². The number of pyridine rings is 1. The summed E-state index contributed by atoms with van der Waals surface area (Å²) < 4.78 is 5.82. The Hall–Kier alpha value is -1.77. The van der Waals surface area contributed by atoms with Crippen molar-refractivity contribution in [2.75, 3.05) is 5.32 Å². The van der Waals surface area contributed by atoms with Gasteiger partial charge in [-0.2, -0.15) is 0 Å². The molecule has 1 aromatic heterocycles. The Balaban J connectivity index is 2.09. The zero-order valence-electron chi connectivity index (χ0n) is 10.8. The second-order valence-electron chi connectivity index (χ2n) is 5.11. The van der Waals surface area contributed by atoms with Crippen molar-refractivity contribution in [2.24, 2.45) is 0 Å². The monoisotopic (exact) mass is 242 g/mol. The fourth-order valence-corrected chi connectivity index (χ4v) is 2.08. The van der Waals surface area contributed by atoms with Crippen LogP contribution in [0, 0.1) is 0 Å². The molecule has 1 saturated carbocycles. The molecule has 1 aliphatic rings. The fourth-order valence-electron chi connectivity index (χ4n) is 2.08. The molecule has 1 heterocycles. The van der Waals surface area contributed by atoms with Gasteiger partial charge >= 0.3 is 0 Å². The highest BCUT2D eigenvalue weighted by molar-refractivity contribution is 5.97. The van der Waals surface area contributed by atoms with Crippen molar-refractivity contribution >= 4 is 16.5 Å². The van der Waals surface area contributed by atoms with Crippen molar-refractivity contribution in [1.82, 2.24) is 4.98 Å². The van der Waals surface area contributed by atoms with Gasteiger partial charge in [0.15, 0.2) is 0 Å². The lowest BCUT2D eigenvalue weighted by atomic mass is 10.1. The van der Waals surface area contributed by atoms with E-state index in [0.717, 1.165) is 17.0 Å². The summed E-state index contributed by atoms with van der Waals surface area (Å²) in [5, 5.41) is 5.82. The van der Waals surface area contributed by atoms with Gasteiger partial charge in [-0.05, 0) is 44.2 Å². The molecule has 18 heavy (non-hydrogen) atoms. The number of hydrogen-bond donors (Lipinski definition) is 1. The normalized spacial score (nSPS) is 15.1. The lowest BCUT2D eigenvalue weighted by Gasteiger charge is -2.14. The third-order valence-electron chi connectivity index (χ3n) is 3.04. The molecule has 0 spiro atoms. The SMILES string of the molecule is CC(C)Oc1nccc2cccc(NC3CC3)c12. The molecule has 3 nitrogen and oxygen atoms in total. The van der Waals surface area contributed by atoms with Gasteiger partial charge < -0.3 is 10.1 Å². The quantitative estimate of drug-likeness (QED) is 0.889. The van der Waals surface area contributed by atoms with Crippen LogP contribution in [0.15, 0.2) is 30.5 Å². The van der Waals surface area contributed by atoms with Gasteiger partial charge in [-0.25, -0.2) is 4.98 Å². The molecule has 2 aromatic rings. The van der Waals surface area contributed by atoms with E-state index in [1.54, 1.807) is 6.20 Å². The van der Waals surface area contributed by atoms with Gasteiger partial charge in [-0.1, -0.05) is 12.1 Å². The number of hydrogen-bond acceptors (Lipinski definition) is 3. The Morgan fingerprint density at radius 3 is 2.83 bits per heavy atom. The summed E-state index contributed by atoms with van der Waals surface area (Å²) in [4.78, 5) is 4.37. The molecular formula is C15H18N2O. The van der Waals surface area contributed by atoms with Crippen LogP contribution in [0.1, 0.15) is 26.7 Å². The largest absolute Gasteiger partial charge is 0.474 e. The van der Waals surface area contributed by atoms with Gasteiger partial charge in [0.1, 0.15) is 0 Å². The summed E-state index contributed by atoms with van der Waals surface area (Å²) in [7, 11) is 0. The molecule has 3 heteroatoms. The maximum atomic E-state index is 5.82. The Morgan fingerprint density at radius 2 is 2.11 bits per heavy atom. The van der Waals surface area contributed by atoms with Crippen LogP contribution in [-0.2, 0) is 0 Å². The summed E-state index contributed by atoms with van der Waals surface area (Å²) in [6.07, 6.45) is 4.46. The first kappa shape index (κ1) is 11.3. The highest BCUT2D eigenvalue weighted by Gasteiger charge is 2.22. The van der Waals surface area contributed by atoms with E-state index in [4.69, 9.17) is 4.74 Å². The molecule has 0 aliphatic heterocycles. The van der Waals surface area contributed by atoms with Crippen molar-refractivity contribution in [2.45, 2.75) is 38.8 Å². The summed E-state index contributed by atoms with van der Waals surface area (Å²) in [5.74, 6) is 0.728. The molecule has 3 rings (SSSR count). The number of fused-ring (bicyclic) bond motifs is 1. The highest BCUT2D eigenvalue weighted by Crippen LogP contribution is 2.34. The zero-order chi connectivity index (χ0) is 12.5. The second kappa shape index (κ2) is 4.48. The summed E-state index contributed by atoms with van der Waals surface area (Å²) in [5.41, 5.74) is 1.14. The molecule has 0 saturated heterocycles. The van der Waals surface area contributed by atoms with Crippen LogP contribution in [-0.4, -0.2) is 17.1 Å². The van der Waals surface area contributed by atoms with Crippen molar-refractivity contribution < 1.29 is 4.74 Å². The van der Waals surface area contributed by atoms with Crippen LogP contribution in [0.3, 0.4) is 0 Å². The number of aromatic nitrogens is 1. The topological polar surface area (TPSA) is 34.1 Å². The number of benzene rings is 1. The molecule has 0 atom stereocenters. The van der Waals surface area contributed by atoms with Crippen LogP contribution in [0.4, 0.5) is 5.69 Å². The number of anilines is 1. The van der Waals surface area contributed by atoms with Crippen molar-refractivity contribution in [3.8, 4) is 5.88 Å². The molecule has 1 N–H and O–H groups in total. The maximum Gasteiger partial charge on any atom is 0.223 e. The Kier molecular flexibility index (Phi) is 2.82. The Morgan fingerprint density at radius 1 is 1.28 bits per heavy atom. The van der Waals surface area contributed by atoms with Crippen LogP contribution in [0.5, 0.6) is 5.88 Å². The van der Waals surface area contributed by atoms with E-state index in [2.05, 4.69) is 28.5 Å². The van der Waals surface area contributed by atoms with Crippen molar-refractivity contribution in [3.63, 3.8) is 0 Å². The lowest BCUT2D eigenvalue weighted by molar-refractivity contribution is 0.236. The molecule has 94 valence electrons. The predicted molar refractivity (Wildman–Crippen MR) is 74.2 cm³/mol. The predicted octanol–water partition coefficient (Wildman–Crippen LogP) is 3.60. The van der Waals surface area contributed by atoms with E-state index in [9.17, 15) is 0 Å². The molecule has 0 bridgehead atoms. The average Bonchev–Trinajstić information content (AvgIpc) is 3.13. The van der Waals surface area contributed by atoms with Gasteiger partial charge in [-0.15, -0.1) is 0 Å². The third kappa shape index (κ3) is 2.26. The summed E-state index contributed by atoms with van der Waals surface area (Å²) >= 11 is 0. The molecular weight excluding hydrogens is 224 g/mol. The Bertz CT molecular complexity index is 523. The zero-order valence-corrected chi connectivity index (χ0v) is 10.8. The molecule has 1 fully saturated rings. The van der Waals surface area contributed by atoms with Gasteiger partial charge in [0.05, 0.1) is 11.5 Å². The molecule has 0 unspecified atom stereocenters. The van der Waals surface area contributed by atoms with Crippen LogP contribution in [0.25, 0.3) is 10.8 Å². The first-order chi connectivity index (χ1) is 8.74. The standard InChI is InChI=1S/C15H18N2O/c1-10(2)18-15-14-11(8-9-16-15)4-3-5-13(14)17-12-6-7-12/h3-5,8-10,12,17H,6-7H2,1-2H3. The average molecular weight is 242 g/mol. The van der Waals surface area contributed by atoms with Gasteiger partial charge in [0, 0.05) is 17.9 Å².